The van der Waals surface area contributed by atoms with Crippen molar-refractivity contribution in [1.82, 2.24) is 0 Å². The average Bonchev–Trinajstić information content (AvgIpc) is 3.47. The quantitative estimate of drug-likeness (QED) is 0.189. The summed E-state index contributed by atoms with van der Waals surface area (Å²) in [6, 6.07) is 66.4. The molecule has 0 aromatic heterocycles. The van der Waals surface area contributed by atoms with Crippen molar-refractivity contribution < 1.29 is 0 Å². The van der Waals surface area contributed by atoms with Crippen LogP contribution in [0.4, 0.5) is 0 Å². The Morgan fingerprint density at radius 1 is 0.217 bits per heavy atom. The molecule has 0 radical (unpaired) electrons. The Bertz CT molecular complexity index is 2280. The second kappa shape index (κ2) is 10.9. The second-order valence-electron chi connectivity index (χ2n) is 12.1. The molecule has 0 fully saturated rings. The number of hydrogen-bond donors (Lipinski definition) is 0. The highest BCUT2D eigenvalue weighted by molar-refractivity contribution is 6.18. The van der Waals surface area contributed by atoms with Crippen molar-refractivity contribution in [2.75, 3.05) is 0 Å². The van der Waals surface area contributed by atoms with E-state index in [4.69, 9.17) is 0 Å². The number of fused-ring (bicyclic) bond motifs is 3. The van der Waals surface area contributed by atoms with Crippen LogP contribution in [0.25, 0.3) is 88.7 Å². The van der Waals surface area contributed by atoms with E-state index in [1.807, 2.05) is 0 Å². The van der Waals surface area contributed by atoms with Crippen LogP contribution in [-0.2, 0) is 0 Å². The van der Waals surface area contributed by atoms with E-state index in [0.717, 1.165) is 0 Å². The van der Waals surface area contributed by atoms with Crippen LogP contribution in [0, 0.1) is 0 Å². The molecule has 214 valence electrons. The smallest absolute Gasteiger partial charge is 0.00201 e. The first-order valence-corrected chi connectivity index (χ1v) is 15.9. The number of benzene rings is 8. The zero-order valence-electron chi connectivity index (χ0n) is 25.3. The highest BCUT2D eigenvalue weighted by Crippen LogP contribution is 2.49. The van der Waals surface area contributed by atoms with E-state index in [0.29, 0.717) is 0 Å². The molecule has 0 unspecified atom stereocenters. The first-order valence-electron chi connectivity index (χ1n) is 15.9. The highest BCUT2D eigenvalue weighted by Gasteiger charge is 2.22. The third-order valence-electron chi connectivity index (χ3n) is 9.45. The molecule has 0 spiro atoms. The van der Waals surface area contributed by atoms with E-state index in [2.05, 4.69) is 182 Å². The van der Waals surface area contributed by atoms with Crippen molar-refractivity contribution in [2.24, 2.45) is 0 Å². The Morgan fingerprint density at radius 3 is 1.24 bits per heavy atom. The summed E-state index contributed by atoms with van der Waals surface area (Å²) in [7, 11) is 0. The maximum Gasteiger partial charge on any atom is -0.00201 e. The topological polar surface area (TPSA) is 0 Å². The van der Waals surface area contributed by atoms with Crippen LogP contribution >= 0.6 is 0 Å². The van der Waals surface area contributed by atoms with Gasteiger partial charge in [0.15, 0.2) is 0 Å². The summed E-state index contributed by atoms with van der Waals surface area (Å²) in [4.78, 5) is 0. The Hall–Kier alpha value is -5.98. The van der Waals surface area contributed by atoms with E-state index in [1.165, 1.54) is 88.7 Å². The van der Waals surface area contributed by atoms with Crippen molar-refractivity contribution in [2.45, 2.75) is 0 Å². The summed E-state index contributed by atoms with van der Waals surface area (Å²) >= 11 is 0. The van der Waals surface area contributed by atoms with Gasteiger partial charge in [-0.3, -0.25) is 0 Å². The molecular formula is C46H30. The Morgan fingerprint density at radius 2 is 0.652 bits per heavy atom. The summed E-state index contributed by atoms with van der Waals surface area (Å²) in [5, 5.41) is 2.67. The van der Waals surface area contributed by atoms with Gasteiger partial charge in [0.05, 0.1) is 0 Å². The summed E-state index contributed by atoms with van der Waals surface area (Å²) in [6.07, 6.45) is 0. The van der Waals surface area contributed by atoms with Crippen LogP contribution in [0.1, 0.15) is 0 Å². The van der Waals surface area contributed by atoms with Gasteiger partial charge in [-0.25, -0.2) is 0 Å². The van der Waals surface area contributed by atoms with E-state index in [9.17, 15) is 0 Å². The van der Waals surface area contributed by atoms with Gasteiger partial charge < -0.3 is 0 Å². The minimum Gasteiger partial charge on any atom is -0.0622 e. The predicted octanol–water partition coefficient (Wildman–Crippen LogP) is 12.8. The molecule has 8 aromatic carbocycles. The van der Waals surface area contributed by atoms with Crippen LogP contribution in [0.5, 0.6) is 0 Å². The summed E-state index contributed by atoms with van der Waals surface area (Å²) < 4.78 is 0. The molecule has 0 N–H and O–H groups in total. The summed E-state index contributed by atoms with van der Waals surface area (Å²) in [5.41, 5.74) is 17.6. The molecule has 0 saturated heterocycles. The molecular weight excluding hydrogens is 553 g/mol. The molecule has 0 atom stereocenters. The van der Waals surface area contributed by atoms with Crippen LogP contribution in [-0.4, -0.2) is 0 Å². The van der Waals surface area contributed by atoms with Crippen LogP contribution in [0.3, 0.4) is 0 Å². The number of hydrogen-bond acceptors (Lipinski definition) is 0. The monoisotopic (exact) mass is 582 g/mol. The lowest BCUT2D eigenvalue weighted by Gasteiger charge is -2.19. The fraction of sp³-hybridized carbons (Fsp3) is 0. The van der Waals surface area contributed by atoms with Crippen molar-refractivity contribution >= 4 is 10.8 Å². The highest BCUT2D eigenvalue weighted by atomic mass is 14.3. The standard InChI is InChI=1S/C46H30/c1-4-13-31(14-5-1)36-29-43(32-15-6-2-7-16-32)45(44(30-36)33-17-8-3-9-18-33)35-25-23-34(24-26-35)37-27-28-42-39-20-11-10-19-38(39)41-22-12-21-40(37)46(41)42/h1-30H. The van der Waals surface area contributed by atoms with E-state index in [-0.39, 0.29) is 0 Å². The fourth-order valence-corrected chi connectivity index (χ4v) is 7.32. The Balaban J connectivity index is 1.24. The molecule has 1 aliphatic rings. The molecule has 9 rings (SSSR count). The zero-order chi connectivity index (χ0) is 30.5. The van der Waals surface area contributed by atoms with Gasteiger partial charge in [-0.1, -0.05) is 170 Å². The fourth-order valence-electron chi connectivity index (χ4n) is 7.32. The van der Waals surface area contributed by atoms with Gasteiger partial charge in [0.1, 0.15) is 0 Å². The maximum atomic E-state index is 2.36. The van der Waals surface area contributed by atoms with Crippen molar-refractivity contribution in [1.29, 1.82) is 0 Å². The van der Waals surface area contributed by atoms with E-state index in [1.54, 1.807) is 0 Å². The summed E-state index contributed by atoms with van der Waals surface area (Å²) in [5.74, 6) is 0. The molecule has 0 heteroatoms. The van der Waals surface area contributed by atoms with Gasteiger partial charge in [0, 0.05) is 0 Å². The van der Waals surface area contributed by atoms with Crippen LogP contribution in [0.15, 0.2) is 182 Å². The van der Waals surface area contributed by atoms with Gasteiger partial charge in [-0.2, -0.15) is 0 Å². The molecule has 8 aromatic rings. The van der Waals surface area contributed by atoms with Crippen LogP contribution in [0.2, 0.25) is 0 Å². The molecule has 46 heavy (non-hydrogen) atoms. The Kier molecular flexibility index (Phi) is 6.25. The molecule has 1 aliphatic carbocycles. The SMILES string of the molecule is c1ccc(-c2cc(-c3ccccc3)c(-c3ccc(-c4ccc5c6c(cccc46)-c4ccccc4-5)cc3)c(-c3ccccc3)c2)cc1. The largest absolute Gasteiger partial charge is 0.0622 e. The lowest BCUT2D eigenvalue weighted by molar-refractivity contribution is 1.54. The van der Waals surface area contributed by atoms with Crippen molar-refractivity contribution in [3.05, 3.63) is 182 Å². The van der Waals surface area contributed by atoms with Gasteiger partial charge >= 0.3 is 0 Å². The van der Waals surface area contributed by atoms with Crippen LogP contribution < -0.4 is 0 Å². The third kappa shape index (κ3) is 4.30. The summed E-state index contributed by atoms with van der Waals surface area (Å²) in [6.45, 7) is 0. The molecule has 0 saturated carbocycles. The van der Waals surface area contributed by atoms with Gasteiger partial charge in [-0.05, 0) is 101 Å². The van der Waals surface area contributed by atoms with E-state index >= 15 is 0 Å². The minimum absolute atomic E-state index is 1.21. The molecule has 0 amide bonds. The minimum atomic E-state index is 1.21. The lowest BCUT2D eigenvalue weighted by Crippen LogP contribution is -1.93. The molecule has 0 nitrogen and oxygen atoms in total. The normalized spacial score (nSPS) is 11.5. The number of rotatable bonds is 5. The van der Waals surface area contributed by atoms with Gasteiger partial charge in [0.2, 0.25) is 0 Å². The lowest BCUT2D eigenvalue weighted by atomic mass is 9.84. The Labute approximate surface area is 269 Å². The average molecular weight is 583 g/mol. The van der Waals surface area contributed by atoms with Crippen molar-refractivity contribution in [3.63, 3.8) is 0 Å². The second-order valence-corrected chi connectivity index (χ2v) is 12.1. The van der Waals surface area contributed by atoms with E-state index < -0.39 is 0 Å². The molecule has 0 bridgehead atoms. The van der Waals surface area contributed by atoms with Crippen molar-refractivity contribution in [3.8, 4) is 77.9 Å². The zero-order valence-corrected chi connectivity index (χ0v) is 25.3. The molecule has 0 heterocycles. The van der Waals surface area contributed by atoms with Gasteiger partial charge in [0.25, 0.3) is 0 Å². The first kappa shape index (κ1) is 26.4. The maximum absolute atomic E-state index is 2.36. The molecule has 0 aliphatic heterocycles. The first-order chi connectivity index (χ1) is 22.8. The predicted molar refractivity (Wildman–Crippen MR) is 196 cm³/mol. The third-order valence-corrected chi connectivity index (χ3v) is 9.45. The van der Waals surface area contributed by atoms with Gasteiger partial charge in [-0.15, -0.1) is 0 Å².